The lowest BCUT2D eigenvalue weighted by molar-refractivity contribution is -0.129. The van der Waals surface area contributed by atoms with E-state index in [1.54, 1.807) is 36.4 Å². The van der Waals surface area contributed by atoms with Gasteiger partial charge in [0.1, 0.15) is 0 Å². The van der Waals surface area contributed by atoms with E-state index in [4.69, 9.17) is 27.9 Å². The number of hydrogen-bond donors (Lipinski definition) is 0. The fourth-order valence-corrected chi connectivity index (χ4v) is 2.75. The van der Waals surface area contributed by atoms with Gasteiger partial charge >= 0.3 is 5.97 Å². The van der Waals surface area contributed by atoms with Crippen molar-refractivity contribution in [3.63, 3.8) is 0 Å². The Morgan fingerprint density at radius 2 is 1.79 bits per heavy atom. The summed E-state index contributed by atoms with van der Waals surface area (Å²) in [6, 6.07) is 12.7. The van der Waals surface area contributed by atoms with Gasteiger partial charge in [-0.25, -0.2) is 9.79 Å². The van der Waals surface area contributed by atoms with E-state index in [-0.39, 0.29) is 11.6 Å². The largest absolute Gasteiger partial charge is 0.403 e. The molecule has 0 saturated carbocycles. The molecule has 0 N–H and O–H groups in total. The van der Waals surface area contributed by atoms with Gasteiger partial charge in [-0.05, 0) is 47.5 Å². The number of rotatable bonds is 3. The predicted molar refractivity (Wildman–Crippen MR) is 101 cm³/mol. The minimum Gasteiger partial charge on any atom is -0.403 e. The van der Waals surface area contributed by atoms with Crippen LogP contribution in [0.4, 0.5) is 0 Å². The first-order chi connectivity index (χ1) is 11.5. The molecule has 2 aromatic rings. The van der Waals surface area contributed by atoms with E-state index in [1.165, 1.54) is 0 Å². The van der Waals surface area contributed by atoms with Crippen LogP contribution in [0.5, 0.6) is 0 Å². The summed E-state index contributed by atoms with van der Waals surface area (Å²) in [5.74, 6) is -0.269. The van der Waals surface area contributed by atoms with Crippen LogP contribution in [0.1, 0.15) is 11.1 Å². The summed E-state index contributed by atoms with van der Waals surface area (Å²) in [5.41, 5.74) is 1.87. The van der Waals surface area contributed by atoms with Crippen LogP contribution < -0.4 is 0 Å². The Morgan fingerprint density at radius 3 is 2.50 bits per heavy atom. The van der Waals surface area contributed by atoms with Gasteiger partial charge in [0, 0.05) is 20.6 Å². The number of hydrogen-bond acceptors (Lipinski definition) is 3. The number of benzene rings is 2. The predicted octanol–water partition coefficient (Wildman–Crippen LogP) is 5.77. The van der Waals surface area contributed by atoms with Crippen LogP contribution in [-0.4, -0.2) is 11.9 Å². The van der Waals surface area contributed by atoms with Gasteiger partial charge in [0.15, 0.2) is 5.70 Å². The number of esters is 1. The highest BCUT2D eigenvalue weighted by molar-refractivity contribution is 9.10. The van der Waals surface area contributed by atoms with E-state index in [0.717, 1.165) is 15.6 Å². The van der Waals surface area contributed by atoms with E-state index in [2.05, 4.69) is 20.9 Å². The van der Waals surface area contributed by atoms with Crippen molar-refractivity contribution < 1.29 is 9.53 Å². The third kappa shape index (κ3) is 4.15. The normalized spacial score (nSPS) is 15.9. The highest BCUT2D eigenvalue weighted by Crippen LogP contribution is 2.23. The zero-order chi connectivity index (χ0) is 17.1. The Hall–Kier alpha value is -1.88. The molecule has 0 atom stereocenters. The van der Waals surface area contributed by atoms with Gasteiger partial charge in [-0.1, -0.05) is 57.3 Å². The number of aliphatic imine (C=N–C) groups is 1. The second-order valence-corrected chi connectivity index (χ2v) is 6.68. The average molecular weight is 423 g/mol. The first-order valence-electron chi connectivity index (χ1n) is 6.92. The molecule has 1 aliphatic rings. The number of halogens is 3. The Kier molecular flexibility index (Phi) is 5.19. The van der Waals surface area contributed by atoms with Crippen LogP contribution in [-0.2, 0) is 9.53 Å². The average Bonchev–Trinajstić information content (AvgIpc) is 2.89. The van der Waals surface area contributed by atoms with E-state index < -0.39 is 5.97 Å². The molecule has 6 heteroatoms. The summed E-state index contributed by atoms with van der Waals surface area (Å²) in [6.07, 6.45) is 4.98. The molecule has 2 aromatic carbocycles. The monoisotopic (exact) mass is 421 g/mol. The van der Waals surface area contributed by atoms with Crippen molar-refractivity contribution in [2.45, 2.75) is 0 Å². The molecule has 0 saturated heterocycles. The quantitative estimate of drug-likeness (QED) is 0.465. The standard InChI is InChI=1S/C18H10BrCl2NO2/c19-13-5-1-11(2-6-13)9-16-18(23)24-17(22-16)8-4-12-3-7-14(20)10-15(12)21/h1-10H. The Morgan fingerprint density at radius 1 is 1.04 bits per heavy atom. The number of carbonyl (C=O) groups is 1. The van der Waals surface area contributed by atoms with Crippen molar-refractivity contribution in [1.82, 2.24) is 0 Å². The first kappa shape index (κ1) is 17.0. The smallest absolute Gasteiger partial charge is 0.363 e. The molecule has 1 aliphatic heterocycles. The van der Waals surface area contributed by atoms with Crippen molar-refractivity contribution in [3.8, 4) is 0 Å². The molecule has 0 amide bonds. The maximum Gasteiger partial charge on any atom is 0.363 e. The van der Waals surface area contributed by atoms with Crippen molar-refractivity contribution in [1.29, 1.82) is 0 Å². The summed E-state index contributed by atoms with van der Waals surface area (Å²) in [6.45, 7) is 0. The molecule has 0 aliphatic carbocycles. The summed E-state index contributed by atoms with van der Waals surface area (Å²) < 4.78 is 6.10. The first-order valence-corrected chi connectivity index (χ1v) is 8.47. The third-order valence-electron chi connectivity index (χ3n) is 3.18. The minimum absolute atomic E-state index is 0.217. The topological polar surface area (TPSA) is 38.7 Å². The van der Waals surface area contributed by atoms with E-state index >= 15 is 0 Å². The third-order valence-corrected chi connectivity index (χ3v) is 4.27. The summed E-state index contributed by atoms with van der Waals surface area (Å²) in [5, 5.41) is 1.07. The maximum atomic E-state index is 11.9. The van der Waals surface area contributed by atoms with Crippen LogP contribution >= 0.6 is 39.1 Å². The van der Waals surface area contributed by atoms with Gasteiger partial charge in [-0.3, -0.25) is 0 Å². The number of carbonyl (C=O) groups excluding carboxylic acids is 1. The highest BCUT2D eigenvalue weighted by Gasteiger charge is 2.21. The molecule has 0 bridgehead atoms. The van der Waals surface area contributed by atoms with Gasteiger partial charge < -0.3 is 4.74 Å². The lowest BCUT2D eigenvalue weighted by atomic mass is 10.2. The fourth-order valence-electron chi connectivity index (χ4n) is 2.01. The molecule has 0 spiro atoms. The molecule has 0 aromatic heterocycles. The van der Waals surface area contributed by atoms with E-state index in [1.807, 2.05) is 24.3 Å². The van der Waals surface area contributed by atoms with Crippen molar-refractivity contribution in [2.24, 2.45) is 4.99 Å². The summed E-state index contributed by atoms with van der Waals surface area (Å²) >= 11 is 15.3. The highest BCUT2D eigenvalue weighted by atomic mass is 79.9. The van der Waals surface area contributed by atoms with Crippen molar-refractivity contribution in [3.05, 3.63) is 79.9 Å². The van der Waals surface area contributed by atoms with Crippen LogP contribution in [0, 0.1) is 0 Å². The Bertz CT molecular complexity index is 886. The van der Waals surface area contributed by atoms with E-state index in [9.17, 15) is 4.79 Å². The Labute approximate surface area is 157 Å². The summed E-state index contributed by atoms with van der Waals surface area (Å²) in [7, 11) is 0. The lowest BCUT2D eigenvalue weighted by Crippen LogP contribution is -2.01. The van der Waals surface area contributed by atoms with Crippen LogP contribution in [0.25, 0.3) is 12.2 Å². The fraction of sp³-hybridized carbons (Fsp3) is 0. The van der Waals surface area contributed by atoms with Gasteiger partial charge in [0.25, 0.3) is 0 Å². The van der Waals surface area contributed by atoms with Gasteiger partial charge in [-0.15, -0.1) is 0 Å². The zero-order valence-corrected chi connectivity index (χ0v) is 15.3. The molecule has 24 heavy (non-hydrogen) atoms. The summed E-state index contributed by atoms with van der Waals surface area (Å²) in [4.78, 5) is 16.1. The van der Waals surface area contributed by atoms with Crippen LogP contribution in [0.3, 0.4) is 0 Å². The molecular weight excluding hydrogens is 413 g/mol. The zero-order valence-electron chi connectivity index (χ0n) is 12.2. The van der Waals surface area contributed by atoms with E-state index in [0.29, 0.717) is 10.0 Å². The second kappa shape index (κ2) is 7.34. The molecule has 3 nitrogen and oxygen atoms in total. The molecule has 120 valence electrons. The lowest BCUT2D eigenvalue weighted by Gasteiger charge is -1.98. The molecule has 0 radical (unpaired) electrons. The number of ether oxygens (including phenoxy) is 1. The minimum atomic E-state index is -0.486. The molecular formula is C18H10BrCl2NO2. The second-order valence-electron chi connectivity index (χ2n) is 4.92. The molecule has 0 unspecified atom stereocenters. The van der Waals surface area contributed by atoms with Crippen LogP contribution in [0.15, 0.2) is 63.7 Å². The number of nitrogens with zero attached hydrogens (tertiary/aromatic N) is 1. The van der Waals surface area contributed by atoms with Crippen LogP contribution in [0.2, 0.25) is 10.0 Å². The Balaban J connectivity index is 1.81. The number of cyclic esters (lactones) is 1. The SMILES string of the molecule is O=C1OC(C=Cc2ccc(Cl)cc2Cl)=NC1=Cc1ccc(Br)cc1. The van der Waals surface area contributed by atoms with Crippen molar-refractivity contribution in [2.75, 3.05) is 0 Å². The molecule has 0 fully saturated rings. The molecule has 3 rings (SSSR count). The van der Waals surface area contributed by atoms with Gasteiger partial charge in [-0.2, -0.15) is 0 Å². The van der Waals surface area contributed by atoms with Gasteiger partial charge in [0.2, 0.25) is 5.90 Å². The van der Waals surface area contributed by atoms with Gasteiger partial charge in [0.05, 0.1) is 0 Å². The van der Waals surface area contributed by atoms with Crippen molar-refractivity contribution >= 4 is 63.2 Å². The maximum absolute atomic E-state index is 11.9. The molecule has 1 heterocycles.